The lowest BCUT2D eigenvalue weighted by Crippen LogP contribution is -2.47. The van der Waals surface area contributed by atoms with E-state index in [1.807, 2.05) is 24.9 Å². The molecule has 8 nitrogen and oxygen atoms in total. The Morgan fingerprint density at radius 2 is 2.15 bits per heavy atom. The summed E-state index contributed by atoms with van der Waals surface area (Å²) in [5, 5.41) is 9.14. The monoisotopic (exact) mass is 367 g/mol. The van der Waals surface area contributed by atoms with Gasteiger partial charge in [-0.2, -0.15) is 5.10 Å². The second kappa shape index (κ2) is 7.11. The fourth-order valence-corrected chi connectivity index (χ4v) is 3.75. The predicted octanol–water partition coefficient (Wildman–Crippen LogP) is 1.13. The maximum Gasteiger partial charge on any atom is 0.293 e. The molecule has 1 N–H and O–H groups in total. The number of hydrogen-bond acceptors (Lipinski definition) is 6. The van der Waals surface area contributed by atoms with Crippen molar-refractivity contribution in [2.45, 2.75) is 32.4 Å². The zero-order valence-electron chi connectivity index (χ0n) is 16.0. The van der Waals surface area contributed by atoms with Gasteiger partial charge < -0.3 is 14.8 Å². The van der Waals surface area contributed by atoms with Crippen molar-refractivity contribution in [2.24, 2.45) is 14.1 Å². The van der Waals surface area contributed by atoms with Gasteiger partial charge in [0.15, 0.2) is 11.5 Å². The molecule has 4 rings (SSSR count). The number of piperidine rings is 1. The molecule has 1 fully saturated rings. The van der Waals surface area contributed by atoms with Crippen molar-refractivity contribution in [3.63, 3.8) is 0 Å². The third-order valence-electron chi connectivity index (χ3n) is 5.23. The fraction of sp³-hybridized carbons (Fsp3) is 0.474. The van der Waals surface area contributed by atoms with Gasteiger partial charge in [0.25, 0.3) is 5.56 Å². The molecule has 1 aliphatic rings. The van der Waals surface area contributed by atoms with E-state index in [2.05, 4.69) is 31.3 Å². The van der Waals surface area contributed by atoms with E-state index in [0.717, 1.165) is 54.8 Å². The van der Waals surface area contributed by atoms with Gasteiger partial charge in [0.2, 0.25) is 0 Å². The van der Waals surface area contributed by atoms with Crippen LogP contribution in [0.1, 0.15) is 24.1 Å². The van der Waals surface area contributed by atoms with Crippen molar-refractivity contribution in [3.8, 4) is 0 Å². The molecule has 3 aromatic heterocycles. The molecule has 8 heteroatoms. The average molecular weight is 367 g/mol. The molecule has 0 bridgehead atoms. The SMILES string of the molecule is Cc1nn(C)c2ncc(CN[C@@H]3CCCN(c4nccn(C)c4=O)C3)cc12. The van der Waals surface area contributed by atoms with Crippen LogP contribution in [0.4, 0.5) is 5.82 Å². The number of fused-ring (bicyclic) bond motifs is 1. The van der Waals surface area contributed by atoms with Crippen molar-refractivity contribution in [1.82, 2.24) is 29.6 Å². The highest BCUT2D eigenvalue weighted by atomic mass is 16.1. The zero-order valence-corrected chi connectivity index (χ0v) is 16.0. The molecule has 4 heterocycles. The van der Waals surface area contributed by atoms with Gasteiger partial charge in [-0.25, -0.2) is 9.97 Å². The smallest absolute Gasteiger partial charge is 0.293 e. The minimum absolute atomic E-state index is 0.0418. The first-order valence-corrected chi connectivity index (χ1v) is 9.31. The number of aryl methyl sites for hydroxylation is 3. The van der Waals surface area contributed by atoms with E-state index in [0.29, 0.717) is 11.9 Å². The fourth-order valence-electron chi connectivity index (χ4n) is 3.75. The predicted molar refractivity (Wildman–Crippen MR) is 105 cm³/mol. The zero-order chi connectivity index (χ0) is 19.0. The van der Waals surface area contributed by atoms with Crippen LogP contribution in [0.25, 0.3) is 11.0 Å². The summed E-state index contributed by atoms with van der Waals surface area (Å²) in [5.41, 5.74) is 3.01. The first-order chi connectivity index (χ1) is 13.0. The van der Waals surface area contributed by atoms with E-state index >= 15 is 0 Å². The Hall–Kier alpha value is -2.74. The lowest BCUT2D eigenvalue weighted by atomic mass is 10.1. The molecule has 1 aliphatic heterocycles. The van der Waals surface area contributed by atoms with Crippen LogP contribution < -0.4 is 15.8 Å². The van der Waals surface area contributed by atoms with E-state index in [4.69, 9.17) is 0 Å². The Balaban J connectivity index is 1.45. The lowest BCUT2D eigenvalue weighted by molar-refractivity contribution is 0.419. The van der Waals surface area contributed by atoms with Gasteiger partial charge in [0.1, 0.15) is 0 Å². The molecular formula is C19H25N7O. The molecular weight excluding hydrogens is 342 g/mol. The minimum atomic E-state index is -0.0418. The Morgan fingerprint density at radius 3 is 3.00 bits per heavy atom. The number of hydrogen-bond donors (Lipinski definition) is 1. The average Bonchev–Trinajstić information content (AvgIpc) is 2.96. The topological polar surface area (TPSA) is 80.9 Å². The van der Waals surface area contributed by atoms with Gasteiger partial charge in [0, 0.05) is 63.7 Å². The van der Waals surface area contributed by atoms with Gasteiger partial charge in [0.05, 0.1) is 5.69 Å². The summed E-state index contributed by atoms with van der Waals surface area (Å²) >= 11 is 0. The molecule has 27 heavy (non-hydrogen) atoms. The quantitative estimate of drug-likeness (QED) is 0.745. The van der Waals surface area contributed by atoms with Crippen molar-refractivity contribution >= 4 is 16.9 Å². The Kier molecular flexibility index (Phi) is 4.65. The van der Waals surface area contributed by atoms with E-state index in [1.165, 1.54) is 0 Å². The molecule has 0 saturated carbocycles. The maximum absolute atomic E-state index is 12.3. The summed E-state index contributed by atoms with van der Waals surface area (Å²) in [6.45, 7) is 4.41. The van der Waals surface area contributed by atoms with Crippen molar-refractivity contribution in [1.29, 1.82) is 0 Å². The van der Waals surface area contributed by atoms with E-state index < -0.39 is 0 Å². The summed E-state index contributed by atoms with van der Waals surface area (Å²) in [7, 11) is 3.68. The van der Waals surface area contributed by atoms with Crippen LogP contribution in [-0.2, 0) is 20.6 Å². The molecule has 3 aromatic rings. The molecule has 0 radical (unpaired) electrons. The number of nitrogens with zero attached hydrogens (tertiary/aromatic N) is 6. The summed E-state index contributed by atoms with van der Waals surface area (Å²) in [4.78, 5) is 23.3. The molecule has 0 aromatic carbocycles. The number of rotatable bonds is 4. The van der Waals surface area contributed by atoms with Gasteiger partial charge in [-0.05, 0) is 31.4 Å². The van der Waals surface area contributed by atoms with Gasteiger partial charge in [-0.3, -0.25) is 9.48 Å². The van der Waals surface area contributed by atoms with Crippen LogP contribution in [0, 0.1) is 6.92 Å². The van der Waals surface area contributed by atoms with Crippen molar-refractivity contribution < 1.29 is 0 Å². The van der Waals surface area contributed by atoms with E-state index in [9.17, 15) is 4.79 Å². The largest absolute Gasteiger partial charge is 0.350 e. The third-order valence-corrected chi connectivity index (χ3v) is 5.23. The van der Waals surface area contributed by atoms with Gasteiger partial charge in [-0.15, -0.1) is 0 Å². The third kappa shape index (κ3) is 3.44. The van der Waals surface area contributed by atoms with E-state index in [-0.39, 0.29) is 5.56 Å². The molecule has 142 valence electrons. The molecule has 0 spiro atoms. The highest BCUT2D eigenvalue weighted by molar-refractivity contribution is 5.78. The van der Waals surface area contributed by atoms with Crippen LogP contribution in [0.15, 0.2) is 29.5 Å². The summed E-state index contributed by atoms with van der Waals surface area (Å²) in [6, 6.07) is 2.48. The van der Waals surface area contributed by atoms with E-state index in [1.54, 1.807) is 24.0 Å². The minimum Gasteiger partial charge on any atom is -0.350 e. The highest BCUT2D eigenvalue weighted by Gasteiger charge is 2.22. The second-order valence-electron chi connectivity index (χ2n) is 7.26. The Labute approximate surface area is 157 Å². The normalized spacial score (nSPS) is 17.6. The lowest BCUT2D eigenvalue weighted by Gasteiger charge is -2.33. The highest BCUT2D eigenvalue weighted by Crippen LogP contribution is 2.18. The first-order valence-electron chi connectivity index (χ1n) is 9.31. The van der Waals surface area contributed by atoms with Gasteiger partial charge in [-0.1, -0.05) is 0 Å². The molecule has 1 atom stereocenters. The molecule has 0 aliphatic carbocycles. The Morgan fingerprint density at radius 1 is 1.30 bits per heavy atom. The number of nitrogens with one attached hydrogen (secondary N) is 1. The number of anilines is 1. The van der Waals surface area contributed by atoms with Crippen LogP contribution in [-0.4, -0.2) is 43.4 Å². The first kappa shape index (κ1) is 17.7. The standard InChI is InChI=1S/C19H25N7O/c1-13-16-9-14(11-22-17(16)25(3)23-13)10-21-15-5-4-7-26(12-15)18-19(27)24(2)8-6-20-18/h6,8-9,11,15,21H,4-5,7,10,12H2,1-3H3/t15-/m1/s1. The van der Waals surface area contributed by atoms with Crippen LogP contribution >= 0.6 is 0 Å². The second-order valence-corrected chi connectivity index (χ2v) is 7.26. The Bertz CT molecular complexity index is 1020. The van der Waals surface area contributed by atoms with Crippen LogP contribution in [0.3, 0.4) is 0 Å². The number of pyridine rings is 1. The van der Waals surface area contributed by atoms with Crippen molar-refractivity contribution in [2.75, 3.05) is 18.0 Å². The summed E-state index contributed by atoms with van der Waals surface area (Å²) in [6.07, 6.45) is 7.41. The summed E-state index contributed by atoms with van der Waals surface area (Å²) in [5.74, 6) is 0.542. The van der Waals surface area contributed by atoms with Crippen molar-refractivity contribution in [3.05, 3.63) is 46.3 Å². The summed E-state index contributed by atoms with van der Waals surface area (Å²) < 4.78 is 3.39. The van der Waals surface area contributed by atoms with Crippen LogP contribution in [0.5, 0.6) is 0 Å². The number of aromatic nitrogens is 5. The molecule has 1 saturated heterocycles. The maximum atomic E-state index is 12.3. The van der Waals surface area contributed by atoms with Gasteiger partial charge >= 0.3 is 0 Å². The molecule has 0 amide bonds. The van der Waals surface area contributed by atoms with Crippen LogP contribution in [0.2, 0.25) is 0 Å². The molecule has 0 unspecified atom stereocenters.